The van der Waals surface area contributed by atoms with Gasteiger partial charge >= 0.3 is 0 Å². The third-order valence-corrected chi connectivity index (χ3v) is 3.35. The van der Waals surface area contributed by atoms with Crippen LogP contribution in [-0.2, 0) is 0 Å². The summed E-state index contributed by atoms with van der Waals surface area (Å²) in [6, 6.07) is 6.99. The molecule has 1 aliphatic rings. The number of nitrogens with two attached hydrogens (primary N) is 1. The number of anilines is 1. The van der Waals surface area contributed by atoms with Gasteiger partial charge in [-0.2, -0.15) is 0 Å². The summed E-state index contributed by atoms with van der Waals surface area (Å²) < 4.78 is 1.17. The van der Waals surface area contributed by atoms with Crippen LogP contribution < -0.4 is 10.6 Å². The number of hydrogen-bond acceptors (Lipinski definition) is 2. The van der Waals surface area contributed by atoms with Crippen LogP contribution in [0.5, 0.6) is 0 Å². The summed E-state index contributed by atoms with van der Waals surface area (Å²) in [5, 5.41) is 0. The molecule has 2 nitrogen and oxygen atoms in total. The number of aryl methyl sites for hydroxylation is 1. The minimum atomic E-state index is 0.570. The number of benzene rings is 1. The first-order valence-corrected chi connectivity index (χ1v) is 5.24. The number of nitrogens with zero attached hydrogens (tertiary/aromatic N) is 1. The third-order valence-electron chi connectivity index (χ3n) is 2.46. The van der Waals surface area contributed by atoms with E-state index in [4.69, 9.17) is 5.73 Å². The SMILES string of the molecule is Cc1cc(N2CC2CN)ccc1Br. The summed E-state index contributed by atoms with van der Waals surface area (Å²) >= 11 is 3.49. The highest BCUT2D eigenvalue weighted by atomic mass is 79.9. The van der Waals surface area contributed by atoms with E-state index in [2.05, 4.69) is 46.0 Å². The smallest absolute Gasteiger partial charge is 0.0588 e. The van der Waals surface area contributed by atoms with E-state index in [9.17, 15) is 0 Å². The highest BCUT2D eigenvalue weighted by Gasteiger charge is 2.32. The molecule has 1 aromatic carbocycles. The van der Waals surface area contributed by atoms with Crippen LogP contribution in [-0.4, -0.2) is 19.1 Å². The summed E-state index contributed by atoms with van der Waals surface area (Å²) in [4.78, 5) is 2.32. The van der Waals surface area contributed by atoms with Gasteiger partial charge in [-0.3, -0.25) is 0 Å². The average Bonchev–Trinajstić information content (AvgIpc) is 2.88. The lowest BCUT2D eigenvalue weighted by atomic mass is 10.2. The second-order valence-electron chi connectivity index (χ2n) is 3.48. The van der Waals surface area contributed by atoms with Gasteiger partial charge in [-0.25, -0.2) is 0 Å². The molecular formula is C10H13BrN2. The molecule has 1 heterocycles. The van der Waals surface area contributed by atoms with E-state index in [0.717, 1.165) is 13.1 Å². The molecule has 0 bridgehead atoms. The van der Waals surface area contributed by atoms with Gasteiger partial charge in [-0.05, 0) is 30.7 Å². The first kappa shape index (κ1) is 9.03. The van der Waals surface area contributed by atoms with Gasteiger partial charge in [0.25, 0.3) is 0 Å². The number of halogens is 1. The Hall–Kier alpha value is -0.540. The highest BCUT2D eigenvalue weighted by molar-refractivity contribution is 9.10. The second-order valence-corrected chi connectivity index (χ2v) is 4.33. The van der Waals surface area contributed by atoms with E-state index >= 15 is 0 Å². The molecule has 2 rings (SSSR count). The topological polar surface area (TPSA) is 29.0 Å². The summed E-state index contributed by atoms with van der Waals surface area (Å²) in [5.74, 6) is 0. The van der Waals surface area contributed by atoms with Crippen molar-refractivity contribution in [2.75, 3.05) is 18.0 Å². The van der Waals surface area contributed by atoms with Crippen LogP contribution in [0.15, 0.2) is 22.7 Å². The first-order valence-electron chi connectivity index (χ1n) is 4.45. The fourth-order valence-electron chi connectivity index (χ4n) is 1.51. The Morgan fingerprint density at radius 1 is 1.62 bits per heavy atom. The maximum atomic E-state index is 5.58. The van der Waals surface area contributed by atoms with E-state index in [-0.39, 0.29) is 0 Å². The highest BCUT2D eigenvalue weighted by Crippen LogP contribution is 2.30. The average molecular weight is 241 g/mol. The van der Waals surface area contributed by atoms with Crippen molar-refractivity contribution in [1.82, 2.24) is 0 Å². The Labute approximate surface area is 86.9 Å². The molecule has 2 N–H and O–H groups in total. The Morgan fingerprint density at radius 3 is 2.92 bits per heavy atom. The summed E-state index contributed by atoms with van der Waals surface area (Å²) in [6.45, 7) is 3.97. The van der Waals surface area contributed by atoms with Crippen molar-refractivity contribution < 1.29 is 0 Å². The molecule has 70 valence electrons. The predicted octanol–water partition coefficient (Wildman–Crippen LogP) is 1.90. The van der Waals surface area contributed by atoms with Gasteiger partial charge in [0.15, 0.2) is 0 Å². The molecule has 1 aliphatic heterocycles. The van der Waals surface area contributed by atoms with Gasteiger partial charge in [0.1, 0.15) is 0 Å². The second kappa shape index (κ2) is 3.31. The zero-order valence-electron chi connectivity index (χ0n) is 7.63. The molecule has 1 unspecified atom stereocenters. The van der Waals surface area contributed by atoms with Crippen molar-refractivity contribution in [3.63, 3.8) is 0 Å². The lowest BCUT2D eigenvalue weighted by molar-refractivity contribution is 0.967. The predicted molar refractivity (Wildman–Crippen MR) is 59.1 cm³/mol. The van der Waals surface area contributed by atoms with Crippen molar-refractivity contribution in [3.05, 3.63) is 28.2 Å². The van der Waals surface area contributed by atoms with E-state index < -0.39 is 0 Å². The molecule has 0 spiro atoms. The van der Waals surface area contributed by atoms with E-state index in [1.54, 1.807) is 0 Å². The maximum absolute atomic E-state index is 5.58. The largest absolute Gasteiger partial charge is 0.363 e. The fourth-order valence-corrected chi connectivity index (χ4v) is 1.75. The first-order chi connectivity index (χ1) is 6.22. The molecule has 13 heavy (non-hydrogen) atoms. The summed E-state index contributed by atoms with van der Waals surface area (Å²) in [7, 11) is 0. The molecule has 1 atom stereocenters. The van der Waals surface area contributed by atoms with Crippen molar-refractivity contribution in [2.45, 2.75) is 13.0 Å². The van der Waals surface area contributed by atoms with Crippen molar-refractivity contribution in [1.29, 1.82) is 0 Å². The van der Waals surface area contributed by atoms with Crippen LogP contribution in [0.1, 0.15) is 5.56 Å². The Bertz CT molecular complexity index is 325. The van der Waals surface area contributed by atoms with Crippen LogP contribution in [0, 0.1) is 6.92 Å². The Kier molecular flexibility index (Phi) is 2.30. The molecule has 0 aromatic heterocycles. The third kappa shape index (κ3) is 1.71. The van der Waals surface area contributed by atoms with Crippen LogP contribution in [0.3, 0.4) is 0 Å². The van der Waals surface area contributed by atoms with Gasteiger partial charge in [-0.15, -0.1) is 0 Å². The van der Waals surface area contributed by atoms with Crippen molar-refractivity contribution in [2.24, 2.45) is 5.73 Å². The fraction of sp³-hybridized carbons (Fsp3) is 0.400. The normalized spacial score (nSPS) is 20.5. The van der Waals surface area contributed by atoms with Gasteiger partial charge in [0.05, 0.1) is 6.04 Å². The van der Waals surface area contributed by atoms with Crippen molar-refractivity contribution in [3.8, 4) is 0 Å². The summed E-state index contributed by atoms with van der Waals surface area (Å²) in [5.41, 5.74) is 8.14. The minimum absolute atomic E-state index is 0.570. The molecule has 1 saturated heterocycles. The molecule has 0 aliphatic carbocycles. The van der Waals surface area contributed by atoms with Gasteiger partial charge in [0.2, 0.25) is 0 Å². The van der Waals surface area contributed by atoms with E-state index in [1.165, 1.54) is 15.7 Å². The Balaban J connectivity index is 2.19. The zero-order valence-corrected chi connectivity index (χ0v) is 9.21. The molecule has 0 amide bonds. The zero-order chi connectivity index (χ0) is 9.42. The monoisotopic (exact) mass is 240 g/mol. The Morgan fingerprint density at radius 2 is 2.38 bits per heavy atom. The molecule has 0 saturated carbocycles. The van der Waals surface area contributed by atoms with Crippen molar-refractivity contribution >= 4 is 21.6 Å². The summed E-state index contributed by atoms with van der Waals surface area (Å²) in [6.07, 6.45) is 0. The minimum Gasteiger partial charge on any atom is -0.363 e. The van der Waals surface area contributed by atoms with Crippen LogP contribution >= 0.6 is 15.9 Å². The van der Waals surface area contributed by atoms with Gasteiger partial charge in [-0.1, -0.05) is 15.9 Å². The van der Waals surface area contributed by atoms with Crippen LogP contribution in [0.25, 0.3) is 0 Å². The maximum Gasteiger partial charge on any atom is 0.0588 e. The van der Waals surface area contributed by atoms with E-state index in [0.29, 0.717) is 6.04 Å². The van der Waals surface area contributed by atoms with E-state index in [1.807, 2.05) is 0 Å². The lowest BCUT2D eigenvalue weighted by Crippen LogP contribution is -2.11. The molecule has 1 aromatic rings. The standard InChI is InChI=1S/C10H13BrN2/c1-7-4-8(2-3-10(7)11)13-6-9(13)5-12/h2-4,9H,5-6,12H2,1H3. The van der Waals surface area contributed by atoms with Gasteiger partial charge < -0.3 is 10.6 Å². The van der Waals surface area contributed by atoms with Gasteiger partial charge in [0, 0.05) is 23.2 Å². The number of hydrogen-bond donors (Lipinski definition) is 1. The molecule has 3 heteroatoms. The quantitative estimate of drug-likeness (QED) is 0.801. The van der Waals surface area contributed by atoms with Crippen LogP contribution in [0.4, 0.5) is 5.69 Å². The molecule has 0 radical (unpaired) electrons. The lowest BCUT2D eigenvalue weighted by Gasteiger charge is -2.06. The number of rotatable bonds is 2. The van der Waals surface area contributed by atoms with Crippen LogP contribution in [0.2, 0.25) is 0 Å². The molecule has 1 fully saturated rings. The molecular weight excluding hydrogens is 228 g/mol.